The molecule has 136 valence electrons. The fourth-order valence-electron chi connectivity index (χ4n) is 2.92. The summed E-state index contributed by atoms with van der Waals surface area (Å²) in [5.74, 6) is 1.41. The van der Waals surface area contributed by atoms with Gasteiger partial charge >= 0.3 is 0 Å². The summed E-state index contributed by atoms with van der Waals surface area (Å²) >= 11 is 7.65. The number of fused-ring (bicyclic) bond motifs is 1. The molecule has 0 radical (unpaired) electrons. The van der Waals surface area contributed by atoms with Crippen molar-refractivity contribution in [3.63, 3.8) is 0 Å². The molecule has 1 aliphatic heterocycles. The van der Waals surface area contributed by atoms with Gasteiger partial charge in [0.15, 0.2) is 0 Å². The third-order valence-electron chi connectivity index (χ3n) is 4.18. The molecule has 2 heterocycles. The number of aromatic nitrogens is 2. The highest BCUT2D eigenvalue weighted by Gasteiger charge is 2.27. The van der Waals surface area contributed by atoms with Gasteiger partial charge in [0.25, 0.3) is 11.6 Å². The fraction of sp³-hybridized carbons (Fsp3) is 0.111. The molecule has 1 aliphatic rings. The van der Waals surface area contributed by atoms with Crippen molar-refractivity contribution in [3.8, 4) is 5.69 Å². The van der Waals surface area contributed by atoms with E-state index in [1.54, 1.807) is 16.4 Å². The molecular weight excluding hydrogens is 388 g/mol. The Morgan fingerprint density at radius 3 is 2.74 bits per heavy atom. The molecule has 27 heavy (non-hydrogen) atoms. The van der Waals surface area contributed by atoms with E-state index in [1.165, 1.54) is 18.2 Å². The summed E-state index contributed by atoms with van der Waals surface area (Å²) in [5, 5.41) is 18.9. The van der Waals surface area contributed by atoms with Crippen LogP contribution in [0.25, 0.3) is 5.69 Å². The van der Waals surface area contributed by atoms with Gasteiger partial charge in [0.05, 0.1) is 16.3 Å². The van der Waals surface area contributed by atoms with Crippen LogP contribution >= 0.6 is 23.4 Å². The van der Waals surface area contributed by atoms with E-state index in [0.717, 1.165) is 28.5 Å². The van der Waals surface area contributed by atoms with Crippen molar-refractivity contribution < 1.29 is 9.72 Å². The third-order valence-corrected chi connectivity index (χ3v) is 5.39. The Balaban J connectivity index is 1.77. The second kappa shape index (κ2) is 7.05. The Morgan fingerprint density at radius 1 is 1.22 bits per heavy atom. The van der Waals surface area contributed by atoms with E-state index < -0.39 is 10.8 Å². The van der Waals surface area contributed by atoms with Gasteiger partial charge in [-0.25, -0.2) is 4.68 Å². The van der Waals surface area contributed by atoms with E-state index in [-0.39, 0.29) is 16.3 Å². The van der Waals surface area contributed by atoms with Crippen molar-refractivity contribution in [1.29, 1.82) is 0 Å². The lowest BCUT2D eigenvalue weighted by Gasteiger charge is -2.11. The number of carbonyl (C=O) groups is 1. The average molecular weight is 401 g/mol. The predicted octanol–water partition coefficient (Wildman–Crippen LogP) is 4.43. The number of halogens is 1. The number of para-hydroxylation sites is 1. The fourth-order valence-corrected chi connectivity index (χ4v) is 4.13. The van der Waals surface area contributed by atoms with Gasteiger partial charge < -0.3 is 5.32 Å². The van der Waals surface area contributed by atoms with Gasteiger partial charge in [-0.15, -0.1) is 0 Å². The number of thioether (sulfide) groups is 1. The molecule has 0 atom stereocenters. The maximum atomic E-state index is 12.9. The first kappa shape index (κ1) is 17.6. The van der Waals surface area contributed by atoms with Crippen molar-refractivity contribution in [2.45, 2.75) is 11.5 Å². The summed E-state index contributed by atoms with van der Waals surface area (Å²) in [4.78, 5) is 23.5. The molecule has 0 bridgehead atoms. The zero-order chi connectivity index (χ0) is 19.0. The lowest BCUT2D eigenvalue weighted by Crippen LogP contribution is -2.17. The number of nitro groups is 1. The van der Waals surface area contributed by atoms with Crippen LogP contribution < -0.4 is 5.32 Å². The molecule has 0 saturated carbocycles. The molecule has 0 unspecified atom stereocenters. The highest BCUT2D eigenvalue weighted by molar-refractivity contribution is 7.98. The highest BCUT2D eigenvalue weighted by atomic mass is 35.5. The quantitative estimate of drug-likeness (QED) is 0.516. The number of anilines is 1. The van der Waals surface area contributed by atoms with E-state index >= 15 is 0 Å². The second-order valence-corrected chi connectivity index (χ2v) is 7.31. The van der Waals surface area contributed by atoms with E-state index in [0.29, 0.717) is 5.82 Å². The van der Waals surface area contributed by atoms with Gasteiger partial charge in [-0.1, -0.05) is 29.8 Å². The Morgan fingerprint density at radius 2 is 2.00 bits per heavy atom. The van der Waals surface area contributed by atoms with E-state index in [1.807, 2.05) is 30.3 Å². The largest absolute Gasteiger partial charge is 0.306 e. The molecule has 0 spiro atoms. The van der Waals surface area contributed by atoms with Crippen LogP contribution in [-0.2, 0) is 11.5 Å². The molecular formula is C18H13ClN4O3S. The highest BCUT2D eigenvalue weighted by Crippen LogP contribution is 2.36. The van der Waals surface area contributed by atoms with Gasteiger partial charge in [0.1, 0.15) is 11.4 Å². The Bertz CT molecular complexity index is 1050. The van der Waals surface area contributed by atoms with Crippen molar-refractivity contribution in [3.05, 3.63) is 80.5 Å². The normalized spacial score (nSPS) is 12.6. The van der Waals surface area contributed by atoms with Crippen molar-refractivity contribution in [2.75, 3.05) is 5.32 Å². The lowest BCUT2D eigenvalue weighted by atomic mass is 10.1. The van der Waals surface area contributed by atoms with Gasteiger partial charge in [-0.2, -0.15) is 16.9 Å². The predicted molar refractivity (Wildman–Crippen MR) is 105 cm³/mol. The maximum Gasteiger partial charge on any atom is 0.282 e. The molecule has 3 aromatic rings. The Kier molecular flexibility index (Phi) is 4.59. The first-order chi connectivity index (χ1) is 13.0. The number of hydrogen-bond acceptors (Lipinski definition) is 5. The van der Waals surface area contributed by atoms with Gasteiger partial charge in [0, 0.05) is 28.2 Å². The van der Waals surface area contributed by atoms with Crippen molar-refractivity contribution in [2.24, 2.45) is 0 Å². The van der Waals surface area contributed by atoms with Crippen LogP contribution in [0.2, 0.25) is 5.02 Å². The molecule has 0 aliphatic carbocycles. The van der Waals surface area contributed by atoms with Gasteiger partial charge in [-0.3, -0.25) is 14.9 Å². The van der Waals surface area contributed by atoms with E-state index in [4.69, 9.17) is 11.6 Å². The average Bonchev–Trinajstić information content (AvgIpc) is 3.24. The molecule has 7 nitrogen and oxygen atoms in total. The molecule has 2 aromatic carbocycles. The van der Waals surface area contributed by atoms with Crippen LogP contribution in [0.15, 0.2) is 48.5 Å². The molecule has 1 amide bonds. The second-order valence-electron chi connectivity index (χ2n) is 5.89. The summed E-state index contributed by atoms with van der Waals surface area (Å²) < 4.78 is 1.67. The van der Waals surface area contributed by atoms with Crippen molar-refractivity contribution in [1.82, 2.24) is 9.78 Å². The van der Waals surface area contributed by atoms with Crippen LogP contribution in [0.5, 0.6) is 0 Å². The third kappa shape index (κ3) is 3.29. The van der Waals surface area contributed by atoms with E-state index in [2.05, 4.69) is 10.4 Å². The number of carbonyl (C=O) groups excluding carboxylic acids is 1. The topological polar surface area (TPSA) is 90.1 Å². The minimum Gasteiger partial charge on any atom is -0.306 e. The summed E-state index contributed by atoms with van der Waals surface area (Å²) in [6, 6.07) is 13.3. The number of benzene rings is 2. The summed E-state index contributed by atoms with van der Waals surface area (Å²) in [5.41, 5.74) is 2.25. The zero-order valence-corrected chi connectivity index (χ0v) is 15.5. The lowest BCUT2D eigenvalue weighted by molar-refractivity contribution is -0.385. The minimum absolute atomic E-state index is 0.0901. The maximum absolute atomic E-state index is 12.9. The standard InChI is InChI=1S/C18H13ClN4O3S/c19-11-6-7-16(23(25)26)13(8-11)18(24)20-17-14-9-27-10-15(14)21-22(17)12-4-2-1-3-5-12/h1-8H,9-10H2,(H,20,24). The molecule has 4 rings (SSSR count). The molecule has 0 fully saturated rings. The number of nitro benzene ring substituents is 1. The first-order valence-corrected chi connectivity index (χ1v) is 9.57. The Labute approximate surface area is 163 Å². The number of rotatable bonds is 4. The zero-order valence-electron chi connectivity index (χ0n) is 13.9. The smallest absolute Gasteiger partial charge is 0.282 e. The van der Waals surface area contributed by atoms with Crippen LogP contribution in [0, 0.1) is 10.1 Å². The molecule has 1 N–H and O–H groups in total. The Hall–Kier alpha value is -2.84. The number of amides is 1. The van der Waals surface area contributed by atoms with Crippen LogP contribution in [0.1, 0.15) is 21.6 Å². The molecule has 9 heteroatoms. The van der Waals surface area contributed by atoms with Crippen LogP contribution in [0.4, 0.5) is 11.5 Å². The van der Waals surface area contributed by atoms with Crippen LogP contribution in [-0.4, -0.2) is 20.6 Å². The monoisotopic (exact) mass is 400 g/mol. The first-order valence-electron chi connectivity index (χ1n) is 8.04. The number of hydrogen-bond donors (Lipinski definition) is 1. The van der Waals surface area contributed by atoms with E-state index in [9.17, 15) is 14.9 Å². The summed E-state index contributed by atoms with van der Waals surface area (Å²) in [6.45, 7) is 0. The molecule has 1 aromatic heterocycles. The molecule has 0 saturated heterocycles. The number of nitrogens with zero attached hydrogens (tertiary/aromatic N) is 3. The van der Waals surface area contributed by atoms with Gasteiger partial charge in [0.2, 0.25) is 0 Å². The van der Waals surface area contributed by atoms with Crippen molar-refractivity contribution >= 4 is 40.8 Å². The van der Waals surface area contributed by atoms with Gasteiger partial charge in [-0.05, 0) is 24.3 Å². The summed E-state index contributed by atoms with van der Waals surface area (Å²) in [7, 11) is 0. The number of nitrogens with one attached hydrogen (secondary N) is 1. The van der Waals surface area contributed by atoms with Crippen LogP contribution in [0.3, 0.4) is 0 Å². The minimum atomic E-state index is -0.597. The summed E-state index contributed by atoms with van der Waals surface area (Å²) in [6.07, 6.45) is 0. The SMILES string of the molecule is O=C(Nc1c2c(nn1-c1ccccc1)CSC2)c1cc(Cl)ccc1[N+](=O)[O-].